The maximum absolute atomic E-state index is 12.3. The quantitative estimate of drug-likeness (QED) is 0.743. The highest BCUT2D eigenvalue weighted by molar-refractivity contribution is 7.89. The number of aliphatic hydroxyl groups is 1. The van der Waals surface area contributed by atoms with E-state index >= 15 is 0 Å². The summed E-state index contributed by atoms with van der Waals surface area (Å²) in [5.74, 6) is -1.31. The Morgan fingerprint density at radius 3 is 2.70 bits per heavy atom. The Kier molecular flexibility index (Phi) is 3.71. The van der Waals surface area contributed by atoms with Crippen LogP contribution in [0.1, 0.15) is 12.1 Å². The van der Waals surface area contributed by atoms with E-state index in [4.69, 9.17) is 10.4 Å². The average molecular weight is 297 g/mol. The normalized spacial score (nSPS) is 23.4. The third kappa shape index (κ3) is 2.49. The van der Waals surface area contributed by atoms with Gasteiger partial charge in [0.2, 0.25) is 10.0 Å². The maximum Gasteiger partial charge on any atom is 0.322 e. The van der Waals surface area contributed by atoms with Gasteiger partial charge in [-0.3, -0.25) is 4.79 Å². The molecule has 2 rings (SSSR count). The second-order valence-corrected chi connectivity index (χ2v) is 6.20. The highest BCUT2D eigenvalue weighted by atomic mass is 32.2. The van der Waals surface area contributed by atoms with Gasteiger partial charge in [0.1, 0.15) is 22.7 Å². The summed E-state index contributed by atoms with van der Waals surface area (Å²) in [6.07, 6.45) is -0.173. The molecule has 9 heteroatoms. The molecule has 8 nitrogen and oxygen atoms in total. The zero-order chi connectivity index (χ0) is 14.9. The van der Waals surface area contributed by atoms with Gasteiger partial charge in [-0.1, -0.05) is 0 Å². The lowest BCUT2D eigenvalue weighted by Gasteiger charge is -2.20. The summed E-state index contributed by atoms with van der Waals surface area (Å²) in [5, 5.41) is 27.1. The topological polar surface area (TPSA) is 132 Å². The zero-order valence-corrected chi connectivity index (χ0v) is 11.0. The van der Waals surface area contributed by atoms with E-state index in [-0.39, 0.29) is 23.6 Å². The Morgan fingerprint density at radius 2 is 2.20 bits per heavy atom. The van der Waals surface area contributed by atoms with Gasteiger partial charge in [-0.05, 0) is 12.1 Å². The van der Waals surface area contributed by atoms with Gasteiger partial charge in [-0.2, -0.15) is 9.57 Å². The van der Waals surface area contributed by atoms with Gasteiger partial charge in [0.15, 0.2) is 0 Å². The number of rotatable bonds is 3. The van der Waals surface area contributed by atoms with E-state index in [1.54, 1.807) is 6.07 Å². The Balaban J connectivity index is 2.38. The molecule has 2 heterocycles. The van der Waals surface area contributed by atoms with Crippen LogP contribution < -0.4 is 0 Å². The van der Waals surface area contributed by atoms with Crippen LogP contribution in [0.4, 0.5) is 0 Å². The fourth-order valence-corrected chi connectivity index (χ4v) is 3.59. The van der Waals surface area contributed by atoms with Crippen molar-refractivity contribution in [1.29, 1.82) is 5.26 Å². The van der Waals surface area contributed by atoms with Crippen LogP contribution in [0.25, 0.3) is 0 Å². The molecular weight excluding hydrogens is 286 g/mol. The van der Waals surface area contributed by atoms with Crippen LogP contribution in [0.2, 0.25) is 0 Å². The number of aromatic nitrogens is 1. The van der Waals surface area contributed by atoms with Crippen LogP contribution in [0, 0.1) is 11.3 Å². The number of nitrogens with zero attached hydrogens (tertiary/aromatic N) is 3. The molecule has 2 unspecified atom stereocenters. The fraction of sp³-hybridized carbons (Fsp3) is 0.364. The highest BCUT2D eigenvalue weighted by Gasteiger charge is 2.43. The van der Waals surface area contributed by atoms with Crippen molar-refractivity contribution in [3.63, 3.8) is 0 Å². The van der Waals surface area contributed by atoms with Gasteiger partial charge in [-0.25, -0.2) is 13.4 Å². The maximum atomic E-state index is 12.3. The second kappa shape index (κ2) is 5.16. The summed E-state index contributed by atoms with van der Waals surface area (Å²) in [6, 6.07) is 2.87. The van der Waals surface area contributed by atoms with Crippen LogP contribution >= 0.6 is 0 Å². The van der Waals surface area contributed by atoms with Gasteiger partial charge in [0.25, 0.3) is 0 Å². The van der Waals surface area contributed by atoms with Crippen LogP contribution in [-0.2, 0) is 14.8 Å². The third-order valence-electron chi connectivity index (χ3n) is 2.98. The lowest BCUT2D eigenvalue weighted by Crippen LogP contribution is -2.40. The molecule has 106 valence electrons. The summed E-state index contributed by atoms with van der Waals surface area (Å²) in [5.41, 5.74) is 0.0557. The number of aliphatic carboxylic acids is 1. The summed E-state index contributed by atoms with van der Waals surface area (Å²) < 4.78 is 25.4. The number of pyridine rings is 1. The van der Waals surface area contributed by atoms with Crippen molar-refractivity contribution in [3.8, 4) is 6.07 Å². The van der Waals surface area contributed by atoms with Crippen LogP contribution in [0.5, 0.6) is 0 Å². The largest absolute Gasteiger partial charge is 0.480 e. The molecule has 0 aliphatic carbocycles. The molecule has 1 aliphatic rings. The minimum absolute atomic E-state index is 0.0557. The molecule has 1 aromatic rings. The van der Waals surface area contributed by atoms with Gasteiger partial charge in [0, 0.05) is 19.2 Å². The number of hydrogen-bond donors (Lipinski definition) is 2. The summed E-state index contributed by atoms with van der Waals surface area (Å²) in [4.78, 5) is 14.5. The fourth-order valence-electron chi connectivity index (χ4n) is 2.01. The molecule has 0 radical (unpaired) electrons. The molecular formula is C11H11N3O5S. The summed E-state index contributed by atoms with van der Waals surface area (Å²) in [7, 11) is -4.07. The molecule has 0 bridgehead atoms. The predicted octanol–water partition coefficient (Wildman–Crippen LogP) is -0.838. The van der Waals surface area contributed by atoms with Crippen molar-refractivity contribution < 1.29 is 23.4 Å². The third-order valence-corrected chi connectivity index (χ3v) is 4.83. The Bertz CT molecular complexity index is 664. The summed E-state index contributed by atoms with van der Waals surface area (Å²) in [6.45, 7) is -0.278. The zero-order valence-electron chi connectivity index (χ0n) is 10.2. The van der Waals surface area contributed by atoms with Crippen LogP contribution in [0.3, 0.4) is 0 Å². The van der Waals surface area contributed by atoms with E-state index in [1.807, 2.05) is 0 Å². The first-order chi connectivity index (χ1) is 9.36. The number of hydrogen-bond acceptors (Lipinski definition) is 6. The minimum Gasteiger partial charge on any atom is -0.480 e. The molecule has 1 fully saturated rings. The number of sulfonamides is 1. The molecule has 1 aliphatic heterocycles. The van der Waals surface area contributed by atoms with Crippen molar-refractivity contribution in [2.24, 2.45) is 0 Å². The van der Waals surface area contributed by atoms with Gasteiger partial charge in [-0.15, -0.1) is 0 Å². The SMILES string of the molecule is N#Cc1ccc(S(=O)(=O)N2CC(O)CC2C(=O)O)cn1. The standard InChI is InChI=1S/C11H11N3O5S/c12-4-7-1-2-9(5-13-7)20(18,19)14-6-8(15)3-10(14)11(16)17/h1-2,5,8,10,15H,3,6H2,(H,16,17). The molecule has 1 aromatic heterocycles. The van der Waals surface area contributed by atoms with Crippen molar-refractivity contribution >= 4 is 16.0 Å². The van der Waals surface area contributed by atoms with Crippen molar-refractivity contribution in [3.05, 3.63) is 24.0 Å². The predicted molar refractivity (Wildman–Crippen MR) is 64.9 cm³/mol. The van der Waals surface area contributed by atoms with Crippen LogP contribution in [-0.4, -0.2) is 52.6 Å². The lowest BCUT2D eigenvalue weighted by atomic mass is 10.2. The molecule has 0 saturated carbocycles. The first kappa shape index (κ1) is 14.4. The molecule has 2 N–H and O–H groups in total. The van der Waals surface area contributed by atoms with Gasteiger partial charge in [0.05, 0.1) is 6.10 Å². The molecule has 0 aromatic carbocycles. The number of carbonyl (C=O) groups is 1. The Labute approximate surface area is 114 Å². The first-order valence-corrected chi connectivity index (χ1v) is 7.09. The van der Waals surface area contributed by atoms with E-state index in [1.165, 1.54) is 12.1 Å². The van der Waals surface area contributed by atoms with E-state index < -0.39 is 28.1 Å². The van der Waals surface area contributed by atoms with Crippen molar-refractivity contribution in [1.82, 2.24) is 9.29 Å². The van der Waals surface area contributed by atoms with E-state index in [0.717, 1.165) is 10.5 Å². The Hall–Kier alpha value is -2.02. The number of nitriles is 1. The smallest absolute Gasteiger partial charge is 0.322 e. The van der Waals surface area contributed by atoms with Gasteiger partial charge < -0.3 is 10.2 Å². The summed E-state index contributed by atoms with van der Waals surface area (Å²) >= 11 is 0. The van der Waals surface area contributed by atoms with Crippen LogP contribution in [0.15, 0.2) is 23.2 Å². The highest BCUT2D eigenvalue weighted by Crippen LogP contribution is 2.26. The first-order valence-electron chi connectivity index (χ1n) is 5.65. The second-order valence-electron chi connectivity index (χ2n) is 4.31. The average Bonchev–Trinajstić information content (AvgIpc) is 2.82. The van der Waals surface area contributed by atoms with Crippen molar-refractivity contribution in [2.75, 3.05) is 6.54 Å². The monoisotopic (exact) mass is 297 g/mol. The number of β-amino-alcohol motifs (C(OH)–C–C–N with tert-alkyl or cyclic N) is 1. The van der Waals surface area contributed by atoms with E-state index in [0.29, 0.717) is 0 Å². The molecule has 2 atom stereocenters. The minimum atomic E-state index is -4.07. The molecule has 0 amide bonds. The number of carboxylic acids is 1. The number of aliphatic hydroxyl groups excluding tert-OH is 1. The van der Waals surface area contributed by atoms with Crippen molar-refractivity contribution in [2.45, 2.75) is 23.5 Å². The van der Waals surface area contributed by atoms with Gasteiger partial charge >= 0.3 is 5.97 Å². The molecule has 1 saturated heterocycles. The van der Waals surface area contributed by atoms with E-state index in [9.17, 15) is 18.3 Å². The number of carboxylic acid groups (broad SMARTS) is 1. The van der Waals surface area contributed by atoms with E-state index in [2.05, 4.69) is 4.98 Å². The molecule has 20 heavy (non-hydrogen) atoms. The Morgan fingerprint density at radius 1 is 1.50 bits per heavy atom. The lowest BCUT2D eigenvalue weighted by molar-refractivity contribution is -0.140. The molecule has 0 spiro atoms.